The number of rotatable bonds is 7. The molecule has 194 valence electrons. The summed E-state index contributed by atoms with van der Waals surface area (Å²) in [5.41, 5.74) is 3.09. The average molecular weight is 502 g/mol. The van der Waals surface area contributed by atoms with Crippen molar-refractivity contribution in [3.8, 4) is 11.8 Å². The van der Waals surface area contributed by atoms with Crippen LogP contribution < -0.4 is 14.5 Å². The maximum atomic E-state index is 12.1. The zero-order chi connectivity index (χ0) is 25.9. The predicted molar refractivity (Wildman–Crippen MR) is 146 cm³/mol. The number of benzene rings is 2. The number of carbonyl (C=O) groups excluding carboxylic acids is 1. The Morgan fingerprint density at radius 1 is 1.14 bits per heavy atom. The summed E-state index contributed by atoms with van der Waals surface area (Å²) in [5.74, 6) is 1.14. The minimum absolute atomic E-state index is 0.0210. The number of aromatic hydroxyl groups is 1. The first-order valence-corrected chi connectivity index (χ1v) is 13.2. The molecule has 1 fully saturated rings. The summed E-state index contributed by atoms with van der Waals surface area (Å²) in [6.45, 7) is 11.9. The van der Waals surface area contributed by atoms with E-state index in [4.69, 9.17) is 14.7 Å². The topological polar surface area (TPSA) is 82.0 Å². The number of anilines is 2. The van der Waals surface area contributed by atoms with Crippen LogP contribution in [0, 0.1) is 0 Å². The molecule has 1 amide bonds. The molecule has 3 aromatic rings. The van der Waals surface area contributed by atoms with Gasteiger partial charge in [0.15, 0.2) is 0 Å². The molecule has 3 heterocycles. The van der Waals surface area contributed by atoms with Crippen molar-refractivity contribution in [2.45, 2.75) is 45.8 Å². The highest BCUT2D eigenvalue weighted by atomic mass is 16.5. The molecule has 1 N–H and O–H groups in total. The van der Waals surface area contributed by atoms with Gasteiger partial charge in [-0.05, 0) is 37.3 Å². The fourth-order valence-corrected chi connectivity index (χ4v) is 5.36. The van der Waals surface area contributed by atoms with Gasteiger partial charge in [0.2, 0.25) is 5.91 Å². The monoisotopic (exact) mass is 501 g/mol. The molecule has 2 aliphatic rings. The molecule has 0 bridgehead atoms. The van der Waals surface area contributed by atoms with Crippen LogP contribution in [-0.2, 0) is 17.8 Å². The molecule has 0 saturated carbocycles. The van der Waals surface area contributed by atoms with E-state index in [1.54, 1.807) is 6.07 Å². The number of hydrogen-bond donors (Lipinski definition) is 1. The van der Waals surface area contributed by atoms with Crippen LogP contribution in [0.15, 0.2) is 49.1 Å². The third kappa shape index (κ3) is 5.19. The molecular weight excluding hydrogens is 466 g/mol. The Bertz CT molecular complexity index is 1300. The number of nitrogens with zero attached hydrogens (tertiary/aromatic N) is 5. The van der Waals surface area contributed by atoms with Crippen molar-refractivity contribution in [3.63, 3.8) is 0 Å². The minimum atomic E-state index is -0.0317. The van der Waals surface area contributed by atoms with Gasteiger partial charge in [0.25, 0.3) is 0 Å². The molecule has 1 aromatic heterocycles. The molecule has 1 saturated heterocycles. The number of amides is 1. The van der Waals surface area contributed by atoms with Gasteiger partial charge in [-0.1, -0.05) is 44.2 Å². The van der Waals surface area contributed by atoms with Crippen molar-refractivity contribution in [1.29, 1.82) is 0 Å². The molecule has 1 unspecified atom stereocenters. The summed E-state index contributed by atoms with van der Waals surface area (Å²) in [7, 11) is 0. The van der Waals surface area contributed by atoms with E-state index in [1.807, 2.05) is 29.2 Å². The van der Waals surface area contributed by atoms with Gasteiger partial charge < -0.3 is 24.5 Å². The van der Waals surface area contributed by atoms with Crippen LogP contribution in [-0.4, -0.2) is 64.7 Å². The quantitative estimate of drug-likeness (QED) is 0.484. The summed E-state index contributed by atoms with van der Waals surface area (Å²) in [4.78, 5) is 28.2. The molecule has 1 atom stereocenters. The largest absolute Gasteiger partial charge is 0.508 e. The van der Waals surface area contributed by atoms with E-state index in [0.717, 1.165) is 59.3 Å². The second-order valence-electron chi connectivity index (χ2n) is 9.85. The number of carbonyl (C=O) groups is 1. The van der Waals surface area contributed by atoms with Crippen molar-refractivity contribution in [3.05, 3.63) is 60.3 Å². The summed E-state index contributed by atoms with van der Waals surface area (Å²) >= 11 is 0. The third-order valence-electron chi connectivity index (χ3n) is 7.26. The molecule has 2 aliphatic heterocycles. The highest BCUT2D eigenvalue weighted by Gasteiger charge is 2.29. The van der Waals surface area contributed by atoms with E-state index in [9.17, 15) is 9.90 Å². The molecule has 37 heavy (non-hydrogen) atoms. The van der Waals surface area contributed by atoms with Crippen molar-refractivity contribution >= 4 is 28.2 Å². The maximum absolute atomic E-state index is 12.1. The minimum Gasteiger partial charge on any atom is -0.508 e. The van der Waals surface area contributed by atoms with E-state index in [-0.39, 0.29) is 17.8 Å². The summed E-state index contributed by atoms with van der Waals surface area (Å²) in [5, 5.41) is 12.5. The number of ether oxygens (including phenoxy) is 1. The summed E-state index contributed by atoms with van der Waals surface area (Å²) < 4.78 is 6.17. The van der Waals surface area contributed by atoms with E-state index >= 15 is 0 Å². The highest BCUT2D eigenvalue weighted by molar-refractivity contribution is 5.95. The van der Waals surface area contributed by atoms with E-state index in [1.165, 1.54) is 6.08 Å². The number of hydrogen-bond acceptors (Lipinski definition) is 7. The number of aromatic nitrogens is 2. The molecular formula is C29H35N5O3. The van der Waals surface area contributed by atoms with Crippen molar-refractivity contribution < 1.29 is 14.6 Å². The first-order valence-electron chi connectivity index (χ1n) is 13.2. The van der Waals surface area contributed by atoms with Gasteiger partial charge in [0, 0.05) is 55.4 Å². The molecule has 8 nitrogen and oxygen atoms in total. The van der Waals surface area contributed by atoms with Gasteiger partial charge in [-0.2, -0.15) is 9.97 Å². The lowest BCUT2D eigenvalue weighted by Gasteiger charge is -2.38. The second kappa shape index (κ2) is 10.7. The van der Waals surface area contributed by atoms with Crippen LogP contribution in [0.1, 0.15) is 37.9 Å². The Kier molecular flexibility index (Phi) is 7.17. The van der Waals surface area contributed by atoms with Crippen LogP contribution in [0.4, 0.5) is 11.5 Å². The standard InChI is InChI=1S/C29H35N5O3/c1-4-8-20(3)37-29-30-25-19-34(26-18-22(35)17-21-9-6-7-10-23(21)26)12-11-24(25)28(31-29)33-15-13-32(14-16-33)27(36)5-2/h5-7,9-10,17-18,20,35H,2,4,8,11-16,19H2,1,3H3. The van der Waals surface area contributed by atoms with E-state index < -0.39 is 0 Å². The normalized spacial score (nSPS) is 16.4. The van der Waals surface area contributed by atoms with Gasteiger partial charge in [0.1, 0.15) is 11.6 Å². The van der Waals surface area contributed by atoms with Gasteiger partial charge in [-0.3, -0.25) is 4.79 Å². The average Bonchev–Trinajstić information content (AvgIpc) is 2.91. The first-order chi connectivity index (χ1) is 18.0. The Morgan fingerprint density at radius 2 is 1.92 bits per heavy atom. The van der Waals surface area contributed by atoms with Gasteiger partial charge in [-0.25, -0.2) is 0 Å². The van der Waals surface area contributed by atoms with Gasteiger partial charge >= 0.3 is 6.01 Å². The Labute approximate surface area is 218 Å². The Hall–Kier alpha value is -3.81. The van der Waals surface area contributed by atoms with Crippen LogP contribution in [0.2, 0.25) is 0 Å². The van der Waals surface area contributed by atoms with Gasteiger partial charge in [-0.15, -0.1) is 0 Å². The lowest BCUT2D eigenvalue weighted by molar-refractivity contribution is -0.126. The summed E-state index contributed by atoms with van der Waals surface area (Å²) in [6, 6.07) is 12.2. The van der Waals surface area contributed by atoms with Crippen LogP contribution in [0.5, 0.6) is 11.8 Å². The summed E-state index contributed by atoms with van der Waals surface area (Å²) in [6.07, 6.45) is 4.14. The fourth-order valence-electron chi connectivity index (χ4n) is 5.36. The second-order valence-corrected chi connectivity index (χ2v) is 9.85. The molecule has 0 radical (unpaired) electrons. The number of piperazine rings is 1. The van der Waals surface area contributed by atoms with Crippen LogP contribution >= 0.6 is 0 Å². The maximum Gasteiger partial charge on any atom is 0.318 e. The van der Waals surface area contributed by atoms with Crippen LogP contribution in [0.3, 0.4) is 0 Å². The molecule has 8 heteroatoms. The Balaban J connectivity index is 1.48. The van der Waals surface area contributed by atoms with Crippen molar-refractivity contribution in [2.75, 3.05) is 42.5 Å². The SMILES string of the molecule is C=CC(=O)N1CCN(c2nc(OC(C)CCC)nc3c2CCN(c2cc(O)cc4ccccc24)C3)CC1. The molecule has 5 rings (SSSR count). The van der Waals surface area contributed by atoms with E-state index in [2.05, 4.69) is 36.3 Å². The zero-order valence-corrected chi connectivity index (χ0v) is 21.7. The van der Waals surface area contributed by atoms with E-state index in [0.29, 0.717) is 38.7 Å². The third-order valence-corrected chi connectivity index (χ3v) is 7.26. The molecule has 0 aliphatic carbocycles. The highest BCUT2D eigenvalue weighted by Crippen LogP contribution is 2.36. The lowest BCUT2D eigenvalue weighted by Crippen LogP contribution is -2.49. The smallest absolute Gasteiger partial charge is 0.318 e. The van der Waals surface area contributed by atoms with Gasteiger partial charge in [0.05, 0.1) is 18.3 Å². The zero-order valence-electron chi connectivity index (χ0n) is 21.7. The number of phenolic OH excluding ortho intramolecular Hbond substituents is 1. The molecule has 0 spiro atoms. The predicted octanol–water partition coefficient (Wildman–Crippen LogP) is 4.30. The number of phenols is 1. The van der Waals surface area contributed by atoms with Crippen molar-refractivity contribution in [2.24, 2.45) is 0 Å². The van der Waals surface area contributed by atoms with Crippen LogP contribution in [0.25, 0.3) is 10.8 Å². The molecule has 2 aromatic carbocycles. The Morgan fingerprint density at radius 3 is 2.68 bits per heavy atom. The fraction of sp³-hybridized carbons (Fsp3) is 0.414. The number of fused-ring (bicyclic) bond motifs is 2. The first kappa shape index (κ1) is 24.9. The lowest BCUT2D eigenvalue weighted by atomic mass is 10.0. The van der Waals surface area contributed by atoms with Crippen molar-refractivity contribution in [1.82, 2.24) is 14.9 Å².